The quantitative estimate of drug-likeness (QED) is 0.889. The number of aromatic nitrogens is 1. The Morgan fingerprint density at radius 1 is 1.27 bits per heavy atom. The summed E-state index contributed by atoms with van der Waals surface area (Å²) in [7, 11) is 0. The Bertz CT molecular complexity index is 790. The molecule has 7 heteroatoms. The van der Waals surface area contributed by atoms with Crippen LogP contribution < -0.4 is 0 Å². The van der Waals surface area contributed by atoms with Crippen LogP contribution in [0.5, 0.6) is 0 Å². The van der Waals surface area contributed by atoms with Crippen LogP contribution in [-0.4, -0.2) is 33.5 Å². The Hall–Kier alpha value is -2.41. The van der Waals surface area contributed by atoms with Gasteiger partial charge in [0.1, 0.15) is 6.04 Å². The van der Waals surface area contributed by atoms with E-state index in [2.05, 4.69) is 4.98 Å². The lowest BCUT2D eigenvalue weighted by Gasteiger charge is -2.33. The molecule has 26 heavy (non-hydrogen) atoms. The molecule has 2 heterocycles. The predicted molar refractivity (Wildman–Crippen MR) is 89.6 cm³/mol. The zero-order valence-electron chi connectivity index (χ0n) is 14.2. The summed E-state index contributed by atoms with van der Waals surface area (Å²) in [4.78, 5) is 17.6. The van der Waals surface area contributed by atoms with Crippen molar-refractivity contribution in [1.29, 1.82) is 0 Å². The number of rotatable bonds is 4. The smallest absolute Gasteiger partial charge is 0.416 e. The molecular weight excluding hydrogens is 345 g/mol. The zero-order valence-corrected chi connectivity index (χ0v) is 14.2. The maximum absolute atomic E-state index is 12.9. The second-order valence-electron chi connectivity index (χ2n) is 6.49. The SMILES string of the molecule is Cc1cnccc1C(c1ccc(C(F)(F)F)cc1)N1CCCC1C(=O)O. The predicted octanol–water partition coefficient (Wildman–Crippen LogP) is 4.05. The normalized spacial score (nSPS) is 19.5. The average Bonchev–Trinajstić information content (AvgIpc) is 3.06. The van der Waals surface area contributed by atoms with Gasteiger partial charge in [0, 0.05) is 18.9 Å². The second-order valence-corrected chi connectivity index (χ2v) is 6.49. The van der Waals surface area contributed by atoms with Gasteiger partial charge in [0.2, 0.25) is 0 Å². The number of hydrogen-bond acceptors (Lipinski definition) is 3. The van der Waals surface area contributed by atoms with Crippen LogP contribution in [0.15, 0.2) is 42.7 Å². The maximum Gasteiger partial charge on any atom is 0.416 e. The van der Waals surface area contributed by atoms with Gasteiger partial charge in [0.25, 0.3) is 0 Å². The number of alkyl halides is 3. The summed E-state index contributed by atoms with van der Waals surface area (Å²) in [6.07, 6.45) is 0.149. The minimum atomic E-state index is -4.40. The number of carbonyl (C=O) groups is 1. The molecule has 1 aromatic carbocycles. The molecule has 1 aliphatic rings. The summed E-state index contributed by atoms with van der Waals surface area (Å²) in [5.74, 6) is -0.911. The topological polar surface area (TPSA) is 53.4 Å². The van der Waals surface area contributed by atoms with Gasteiger partial charge in [-0.1, -0.05) is 12.1 Å². The van der Waals surface area contributed by atoms with Gasteiger partial charge < -0.3 is 5.11 Å². The van der Waals surface area contributed by atoms with Crippen LogP contribution in [0, 0.1) is 6.92 Å². The third-order valence-corrected chi connectivity index (χ3v) is 4.82. The molecule has 1 fully saturated rings. The van der Waals surface area contributed by atoms with Gasteiger partial charge in [-0.2, -0.15) is 13.2 Å². The first kappa shape index (κ1) is 18.4. The number of likely N-dealkylation sites (tertiary alicyclic amines) is 1. The van der Waals surface area contributed by atoms with Gasteiger partial charge >= 0.3 is 12.1 Å². The number of aryl methyl sites for hydroxylation is 1. The lowest BCUT2D eigenvalue weighted by Crippen LogP contribution is -2.39. The summed E-state index contributed by atoms with van der Waals surface area (Å²) in [5, 5.41) is 9.54. The molecule has 0 bridgehead atoms. The molecule has 0 aliphatic carbocycles. The van der Waals surface area contributed by atoms with E-state index in [4.69, 9.17) is 0 Å². The van der Waals surface area contributed by atoms with E-state index in [9.17, 15) is 23.1 Å². The van der Waals surface area contributed by atoms with Crippen molar-refractivity contribution >= 4 is 5.97 Å². The standard InChI is InChI=1S/C19H19F3N2O2/c1-12-11-23-9-8-15(12)17(24-10-2-3-16(24)18(25)26)13-4-6-14(7-5-13)19(20,21)22/h4-9,11,16-17H,2-3,10H2,1H3,(H,25,26). The van der Waals surface area contributed by atoms with Crippen LogP contribution in [0.25, 0.3) is 0 Å². The van der Waals surface area contributed by atoms with E-state index in [0.717, 1.165) is 29.7 Å². The molecule has 2 unspecified atom stereocenters. The first-order chi connectivity index (χ1) is 12.3. The molecule has 0 saturated carbocycles. The van der Waals surface area contributed by atoms with Gasteiger partial charge in [0.15, 0.2) is 0 Å². The molecule has 3 rings (SSSR count). The van der Waals surface area contributed by atoms with Crippen molar-refractivity contribution in [2.75, 3.05) is 6.54 Å². The molecule has 138 valence electrons. The fourth-order valence-electron chi connectivity index (χ4n) is 3.56. The molecule has 1 N–H and O–H groups in total. The third kappa shape index (κ3) is 3.58. The Kier molecular flexibility index (Phi) is 5.00. The Balaban J connectivity index is 2.07. The molecule has 2 atom stereocenters. The number of aliphatic carboxylic acids is 1. The van der Waals surface area contributed by atoms with Crippen LogP contribution in [0.3, 0.4) is 0 Å². The first-order valence-electron chi connectivity index (χ1n) is 8.35. The molecule has 0 spiro atoms. The number of carboxylic acid groups (broad SMARTS) is 1. The fourth-order valence-corrected chi connectivity index (χ4v) is 3.56. The van der Waals surface area contributed by atoms with Gasteiger partial charge in [-0.25, -0.2) is 0 Å². The highest BCUT2D eigenvalue weighted by Gasteiger charge is 2.38. The second kappa shape index (κ2) is 7.07. The van der Waals surface area contributed by atoms with Crippen molar-refractivity contribution in [2.45, 2.75) is 38.0 Å². The Morgan fingerprint density at radius 2 is 1.96 bits per heavy atom. The minimum Gasteiger partial charge on any atom is -0.480 e. The highest BCUT2D eigenvalue weighted by molar-refractivity contribution is 5.74. The third-order valence-electron chi connectivity index (χ3n) is 4.82. The summed E-state index contributed by atoms with van der Waals surface area (Å²) in [6, 6.07) is 5.68. The maximum atomic E-state index is 12.9. The van der Waals surface area contributed by atoms with E-state index < -0.39 is 29.8 Å². The summed E-state index contributed by atoms with van der Waals surface area (Å²) in [6.45, 7) is 2.44. The zero-order chi connectivity index (χ0) is 18.9. The Morgan fingerprint density at radius 3 is 2.54 bits per heavy atom. The largest absolute Gasteiger partial charge is 0.480 e. The average molecular weight is 364 g/mol. The van der Waals surface area contributed by atoms with Crippen molar-refractivity contribution in [3.05, 3.63) is 65.0 Å². The van der Waals surface area contributed by atoms with Crippen molar-refractivity contribution in [3.8, 4) is 0 Å². The van der Waals surface area contributed by atoms with Crippen LogP contribution in [0.2, 0.25) is 0 Å². The molecule has 0 amide bonds. The minimum absolute atomic E-state index is 0.427. The molecule has 0 radical (unpaired) electrons. The summed E-state index contributed by atoms with van der Waals surface area (Å²) in [5.41, 5.74) is 1.64. The van der Waals surface area contributed by atoms with Crippen molar-refractivity contribution in [1.82, 2.24) is 9.88 Å². The van der Waals surface area contributed by atoms with E-state index >= 15 is 0 Å². The van der Waals surface area contributed by atoms with Gasteiger partial charge in [-0.15, -0.1) is 0 Å². The first-order valence-corrected chi connectivity index (χ1v) is 8.35. The van der Waals surface area contributed by atoms with Crippen LogP contribution in [0.4, 0.5) is 13.2 Å². The van der Waals surface area contributed by atoms with Gasteiger partial charge in [-0.05, 0) is 54.7 Å². The number of carboxylic acids is 1. The Labute approximate surface area is 149 Å². The van der Waals surface area contributed by atoms with E-state index in [1.807, 2.05) is 11.8 Å². The number of hydrogen-bond donors (Lipinski definition) is 1. The monoisotopic (exact) mass is 364 g/mol. The highest BCUT2D eigenvalue weighted by Crippen LogP contribution is 2.37. The van der Waals surface area contributed by atoms with E-state index in [0.29, 0.717) is 18.5 Å². The molecule has 2 aromatic rings. The van der Waals surface area contributed by atoms with Crippen LogP contribution in [-0.2, 0) is 11.0 Å². The van der Waals surface area contributed by atoms with Gasteiger partial charge in [-0.3, -0.25) is 14.7 Å². The number of halogens is 3. The lowest BCUT2D eigenvalue weighted by atomic mass is 9.93. The van der Waals surface area contributed by atoms with Crippen molar-refractivity contribution < 1.29 is 23.1 Å². The highest BCUT2D eigenvalue weighted by atomic mass is 19.4. The molecular formula is C19H19F3N2O2. The number of nitrogens with zero attached hydrogens (tertiary/aromatic N) is 2. The van der Waals surface area contributed by atoms with Gasteiger partial charge in [0.05, 0.1) is 11.6 Å². The van der Waals surface area contributed by atoms with Crippen molar-refractivity contribution in [3.63, 3.8) is 0 Å². The molecule has 1 saturated heterocycles. The fraction of sp³-hybridized carbons (Fsp3) is 0.368. The lowest BCUT2D eigenvalue weighted by molar-refractivity contribution is -0.142. The number of benzene rings is 1. The summed E-state index contributed by atoms with van der Waals surface area (Å²) >= 11 is 0. The molecule has 4 nitrogen and oxygen atoms in total. The summed E-state index contributed by atoms with van der Waals surface area (Å²) < 4.78 is 38.6. The van der Waals surface area contributed by atoms with E-state index in [1.54, 1.807) is 18.5 Å². The van der Waals surface area contributed by atoms with Crippen molar-refractivity contribution in [2.24, 2.45) is 0 Å². The number of pyridine rings is 1. The molecule has 1 aliphatic heterocycles. The van der Waals surface area contributed by atoms with Crippen LogP contribution in [0.1, 0.15) is 41.1 Å². The molecule has 1 aromatic heterocycles. The van der Waals surface area contributed by atoms with E-state index in [1.165, 1.54) is 12.1 Å². The van der Waals surface area contributed by atoms with Crippen LogP contribution >= 0.6 is 0 Å². The van der Waals surface area contributed by atoms with E-state index in [-0.39, 0.29) is 0 Å².